The Morgan fingerprint density at radius 1 is 1.27 bits per heavy atom. The summed E-state index contributed by atoms with van der Waals surface area (Å²) in [5, 5.41) is -0.423. The molecule has 4 N–H and O–H groups in total. The highest BCUT2D eigenvalue weighted by molar-refractivity contribution is 8.00. The molecule has 0 saturated heterocycles. The van der Waals surface area contributed by atoms with Crippen LogP contribution in [0.3, 0.4) is 0 Å². The first-order valence-corrected chi connectivity index (χ1v) is 5.55. The molecule has 0 spiro atoms. The quantitative estimate of drug-likeness (QED) is 0.614. The number of carbonyl (C=O) groups is 3. The van der Waals surface area contributed by atoms with Gasteiger partial charge in [-0.25, -0.2) is 0 Å². The molecular formula is C9H16N2O3S. The Bertz CT molecular complexity index is 268. The van der Waals surface area contributed by atoms with Gasteiger partial charge in [-0.05, 0) is 13.8 Å². The van der Waals surface area contributed by atoms with Crippen molar-refractivity contribution in [3.63, 3.8) is 0 Å². The molecule has 0 aromatic heterocycles. The van der Waals surface area contributed by atoms with E-state index in [9.17, 15) is 14.4 Å². The molecule has 0 aromatic rings. The summed E-state index contributed by atoms with van der Waals surface area (Å²) >= 11 is 1.20. The van der Waals surface area contributed by atoms with Crippen molar-refractivity contribution in [3.05, 3.63) is 0 Å². The van der Waals surface area contributed by atoms with Crippen LogP contribution in [0.2, 0.25) is 0 Å². The van der Waals surface area contributed by atoms with Crippen molar-refractivity contribution in [2.45, 2.75) is 31.6 Å². The van der Waals surface area contributed by atoms with E-state index in [2.05, 4.69) is 0 Å². The van der Waals surface area contributed by atoms with Crippen molar-refractivity contribution >= 4 is 29.2 Å². The number of carbonyl (C=O) groups excluding carboxylic acids is 3. The number of thioether (sulfide) groups is 1. The third-order valence-corrected chi connectivity index (χ3v) is 3.22. The molecule has 0 aliphatic rings. The van der Waals surface area contributed by atoms with Gasteiger partial charge in [-0.15, -0.1) is 11.8 Å². The monoisotopic (exact) mass is 232 g/mol. The lowest BCUT2D eigenvalue weighted by Crippen LogP contribution is -2.39. The van der Waals surface area contributed by atoms with Crippen LogP contribution in [0.5, 0.6) is 0 Å². The van der Waals surface area contributed by atoms with E-state index >= 15 is 0 Å². The van der Waals surface area contributed by atoms with Crippen LogP contribution >= 0.6 is 11.8 Å². The molecule has 0 radical (unpaired) electrons. The second kappa shape index (κ2) is 6.58. The molecule has 6 heteroatoms. The van der Waals surface area contributed by atoms with Crippen LogP contribution in [0.15, 0.2) is 0 Å². The number of nitrogens with two attached hydrogens (primary N) is 2. The lowest BCUT2D eigenvalue weighted by atomic mass is 10.2. The zero-order valence-corrected chi connectivity index (χ0v) is 9.67. The Morgan fingerprint density at radius 3 is 2.13 bits per heavy atom. The number of ketones is 2. The van der Waals surface area contributed by atoms with Crippen molar-refractivity contribution in [2.24, 2.45) is 11.5 Å². The lowest BCUT2D eigenvalue weighted by molar-refractivity contribution is -0.121. The maximum absolute atomic E-state index is 11.1. The minimum atomic E-state index is -0.774. The van der Waals surface area contributed by atoms with Crippen molar-refractivity contribution in [3.8, 4) is 0 Å². The normalized spacial score (nSPS) is 14.3. The van der Waals surface area contributed by atoms with Gasteiger partial charge in [0.15, 0.2) is 0 Å². The van der Waals surface area contributed by atoms with Crippen LogP contribution in [0.4, 0.5) is 0 Å². The number of hydrogen-bond acceptors (Lipinski definition) is 5. The van der Waals surface area contributed by atoms with Gasteiger partial charge in [-0.2, -0.15) is 0 Å². The second-order valence-electron chi connectivity index (χ2n) is 3.35. The first-order chi connectivity index (χ1) is 6.84. The average Bonchev–Trinajstić information content (AvgIpc) is 2.10. The van der Waals surface area contributed by atoms with Crippen molar-refractivity contribution in [1.82, 2.24) is 0 Å². The predicted molar refractivity (Wildman–Crippen MR) is 59.4 cm³/mol. The summed E-state index contributed by atoms with van der Waals surface area (Å²) in [6.07, 6.45) is 0.172. The Labute approximate surface area is 92.9 Å². The first-order valence-electron chi connectivity index (χ1n) is 4.51. The van der Waals surface area contributed by atoms with E-state index in [1.54, 1.807) is 0 Å². The minimum absolute atomic E-state index is 0.0599. The third kappa shape index (κ3) is 6.24. The highest BCUT2D eigenvalue weighted by atomic mass is 32.2. The molecule has 2 unspecified atom stereocenters. The third-order valence-electron chi connectivity index (χ3n) is 1.77. The largest absolute Gasteiger partial charge is 0.368 e. The summed E-state index contributed by atoms with van der Waals surface area (Å²) in [4.78, 5) is 32.6. The molecule has 86 valence electrons. The van der Waals surface area contributed by atoms with Gasteiger partial charge in [0, 0.05) is 12.2 Å². The van der Waals surface area contributed by atoms with Gasteiger partial charge in [0.25, 0.3) is 0 Å². The molecule has 2 atom stereocenters. The molecule has 0 saturated carbocycles. The lowest BCUT2D eigenvalue weighted by Gasteiger charge is -2.13. The summed E-state index contributed by atoms with van der Waals surface area (Å²) in [7, 11) is 0. The number of Topliss-reactive ketones (excluding diaryl/α,β-unsaturated/α-hetero) is 2. The maximum Gasteiger partial charge on any atom is 0.235 e. The van der Waals surface area contributed by atoms with E-state index < -0.39 is 17.2 Å². The van der Waals surface area contributed by atoms with Crippen molar-refractivity contribution in [1.29, 1.82) is 0 Å². The molecule has 1 amide bonds. The van der Waals surface area contributed by atoms with E-state index in [0.717, 1.165) is 0 Å². The Kier molecular flexibility index (Phi) is 6.19. The fraction of sp³-hybridized carbons (Fsp3) is 0.667. The molecule has 0 aliphatic carbocycles. The Hall–Kier alpha value is -0.880. The zero-order valence-electron chi connectivity index (χ0n) is 8.86. The topological polar surface area (TPSA) is 103 Å². The van der Waals surface area contributed by atoms with Gasteiger partial charge in [0.05, 0.1) is 11.3 Å². The molecule has 0 bridgehead atoms. The van der Waals surface area contributed by atoms with E-state index in [-0.39, 0.29) is 23.7 Å². The fourth-order valence-corrected chi connectivity index (χ4v) is 2.07. The fourth-order valence-electron chi connectivity index (χ4n) is 0.883. The molecule has 5 nitrogen and oxygen atoms in total. The summed E-state index contributed by atoms with van der Waals surface area (Å²) < 4.78 is 0. The van der Waals surface area contributed by atoms with E-state index in [4.69, 9.17) is 11.5 Å². The number of amides is 1. The zero-order chi connectivity index (χ0) is 12.0. The highest BCUT2D eigenvalue weighted by Crippen LogP contribution is 2.16. The SMILES string of the molecule is CC(=O)CC(SCC(N)C(N)=O)C(C)=O. The summed E-state index contributed by atoms with van der Waals surface area (Å²) in [6.45, 7) is 2.83. The van der Waals surface area contributed by atoms with E-state index in [0.29, 0.717) is 0 Å². The number of hydrogen-bond donors (Lipinski definition) is 2. The Balaban J connectivity index is 4.13. The molecule has 15 heavy (non-hydrogen) atoms. The minimum Gasteiger partial charge on any atom is -0.368 e. The molecule has 0 heterocycles. The molecular weight excluding hydrogens is 216 g/mol. The highest BCUT2D eigenvalue weighted by Gasteiger charge is 2.19. The van der Waals surface area contributed by atoms with Gasteiger partial charge < -0.3 is 11.5 Å². The van der Waals surface area contributed by atoms with Crippen LogP contribution in [-0.4, -0.2) is 34.5 Å². The van der Waals surface area contributed by atoms with Crippen LogP contribution in [0, 0.1) is 0 Å². The number of rotatable bonds is 7. The Morgan fingerprint density at radius 2 is 1.80 bits per heavy atom. The van der Waals surface area contributed by atoms with Crippen LogP contribution in [-0.2, 0) is 14.4 Å². The average molecular weight is 232 g/mol. The summed E-state index contributed by atoms with van der Waals surface area (Å²) in [6, 6.07) is -0.774. The maximum atomic E-state index is 11.1. The van der Waals surface area contributed by atoms with Crippen LogP contribution < -0.4 is 11.5 Å². The number of primary amides is 1. The summed E-state index contributed by atoms with van der Waals surface area (Å²) in [5.74, 6) is -0.498. The van der Waals surface area contributed by atoms with Gasteiger partial charge in [0.2, 0.25) is 5.91 Å². The van der Waals surface area contributed by atoms with Crippen LogP contribution in [0.25, 0.3) is 0 Å². The summed E-state index contributed by atoms with van der Waals surface area (Å²) in [5.41, 5.74) is 10.4. The van der Waals surface area contributed by atoms with Gasteiger partial charge in [-0.1, -0.05) is 0 Å². The second-order valence-corrected chi connectivity index (χ2v) is 4.58. The molecule has 0 rings (SSSR count). The van der Waals surface area contributed by atoms with E-state index in [1.165, 1.54) is 25.6 Å². The standard InChI is InChI=1S/C9H16N2O3S/c1-5(12)3-8(6(2)13)15-4-7(10)9(11)14/h7-8H,3-4,10H2,1-2H3,(H2,11,14). The molecule has 0 aliphatic heterocycles. The molecule has 0 aromatic carbocycles. The molecule has 0 fully saturated rings. The smallest absolute Gasteiger partial charge is 0.235 e. The van der Waals surface area contributed by atoms with E-state index in [1.807, 2.05) is 0 Å². The van der Waals surface area contributed by atoms with Crippen LogP contribution in [0.1, 0.15) is 20.3 Å². The van der Waals surface area contributed by atoms with Gasteiger partial charge in [0.1, 0.15) is 11.6 Å². The predicted octanol–water partition coefficient (Wildman–Crippen LogP) is -0.531. The van der Waals surface area contributed by atoms with Crippen molar-refractivity contribution < 1.29 is 14.4 Å². The van der Waals surface area contributed by atoms with Gasteiger partial charge >= 0.3 is 0 Å². The van der Waals surface area contributed by atoms with Crippen molar-refractivity contribution in [2.75, 3.05) is 5.75 Å². The van der Waals surface area contributed by atoms with Gasteiger partial charge in [-0.3, -0.25) is 14.4 Å². The first kappa shape index (κ1) is 14.1.